The molecule has 2 aliphatic heterocycles. The van der Waals surface area contributed by atoms with Crippen molar-refractivity contribution in [2.75, 3.05) is 43.8 Å². The fourth-order valence-corrected chi connectivity index (χ4v) is 5.49. The van der Waals surface area contributed by atoms with Gasteiger partial charge in [-0.2, -0.15) is 9.97 Å². The Labute approximate surface area is 206 Å². The average Bonchev–Trinajstić information content (AvgIpc) is 3.18. The number of nitrogens with one attached hydrogen (secondary N) is 3. The molecule has 1 spiro atoms. The highest BCUT2D eigenvalue weighted by atomic mass is 16.1. The number of nitrogens with two attached hydrogens (primary N) is 1. The smallest absolute Gasteiger partial charge is 0.328 e. The molecule has 0 saturated carbocycles. The quantitative estimate of drug-likeness (QED) is 0.368. The van der Waals surface area contributed by atoms with Crippen LogP contribution >= 0.6 is 0 Å². The van der Waals surface area contributed by atoms with Crippen LogP contribution in [-0.2, 0) is 13.1 Å². The predicted octanol–water partition coefficient (Wildman–Crippen LogP) is 2.93. The summed E-state index contributed by atoms with van der Waals surface area (Å²) >= 11 is 0. The molecule has 4 heterocycles. The lowest BCUT2D eigenvalue weighted by molar-refractivity contribution is 0.0701. The second-order valence-corrected chi connectivity index (χ2v) is 10.3. The molecule has 1 aromatic carbocycles. The number of likely N-dealkylation sites (tertiary alicyclic amines) is 1. The summed E-state index contributed by atoms with van der Waals surface area (Å²) < 4.78 is 1.64. The minimum absolute atomic E-state index is 0.226. The second-order valence-electron chi connectivity index (χ2n) is 10.3. The largest absolute Gasteiger partial charge is 0.382 e. The molecule has 3 aromatic rings. The van der Waals surface area contributed by atoms with E-state index >= 15 is 0 Å². The lowest BCUT2D eigenvalue weighted by Crippen LogP contribution is -2.45. The third-order valence-corrected chi connectivity index (χ3v) is 7.81. The van der Waals surface area contributed by atoms with Crippen molar-refractivity contribution in [1.29, 1.82) is 0 Å². The zero-order chi connectivity index (χ0) is 24.3. The van der Waals surface area contributed by atoms with E-state index in [1.54, 1.807) is 4.57 Å². The number of H-pyrrole nitrogens is 1. The van der Waals surface area contributed by atoms with Crippen molar-refractivity contribution in [3.05, 3.63) is 45.9 Å². The number of hydrogen-bond donors (Lipinski definition) is 4. The van der Waals surface area contributed by atoms with Crippen molar-refractivity contribution in [1.82, 2.24) is 29.7 Å². The number of hydrogen-bond acceptors (Lipinski definition) is 7. The van der Waals surface area contributed by atoms with Crippen LogP contribution in [0.2, 0.25) is 0 Å². The molecule has 2 fully saturated rings. The first kappa shape index (κ1) is 23.8. The number of benzene rings is 1. The first-order valence-corrected chi connectivity index (χ1v) is 13.1. The number of anilines is 2. The molecule has 0 amide bonds. The molecule has 5 rings (SSSR count). The lowest BCUT2D eigenvalue weighted by atomic mass is 9.71. The number of nitrogens with zero attached hydrogens (tertiary/aromatic N) is 4. The maximum Gasteiger partial charge on any atom is 0.328 e. The summed E-state index contributed by atoms with van der Waals surface area (Å²) in [6, 6.07) is 8.60. The van der Waals surface area contributed by atoms with Gasteiger partial charge in [0.1, 0.15) is 5.52 Å². The molecule has 0 atom stereocenters. The van der Waals surface area contributed by atoms with Crippen LogP contribution < -0.4 is 22.1 Å². The Bertz CT molecular complexity index is 1180. The molecule has 2 saturated heterocycles. The van der Waals surface area contributed by atoms with Gasteiger partial charge in [-0.15, -0.1) is 0 Å². The van der Waals surface area contributed by atoms with Crippen LogP contribution in [-0.4, -0.2) is 57.1 Å². The maximum atomic E-state index is 12.7. The van der Waals surface area contributed by atoms with Crippen LogP contribution in [0.4, 0.5) is 11.8 Å². The molecule has 0 unspecified atom stereocenters. The second kappa shape index (κ2) is 10.4. The summed E-state index contributed by atoms with van der Waals surface area (Å²) in [5, 5.41) is 6.71. The van der Waals surface area contributed by atoms with E-state index in [2.05, 4.69) is 61.7 Å². The number of nitrogen functional groups attached to an aromatic ring is 1. The zero-order valence-electron chi connectivity index (χ0n) is 20.8. The van der Waals surface area contributed by atoms with Crippen LogP contribution in [0.3, 0.4) is 0 Å². The van der Waals surface area contributed by atoms with E-state index in [-0.39, 0.29) is 11.5 Å². The molecule has 0 bridgehead atoms. The first-order valence-electron chi connectivity index (χ1n) is 13.1. The number of fused-ring (bicyclic) bond motifs is 1. The minimum atomic E-state index is -0.226. The van der Waals surface area contributed by atoms with Gasteiger partial charge in [0, 0.05) is 13.1 Å². The van der Waals surface area contributed by atoms with Crippen molar-refractivity contribution < 1.29 is 0 Å². The van der Waals surface area contributed by atoms with Crippen molar-refractivity contribution in [2.24, 2.45) is 5.41 Å². The topological polar surface area (TPSA) is 117 Å². The van der Waals surface area contributed by atoms with Gasteiger partial charge in [0.05, 0.1) is 6.54 Å². The van der Waals surface area contributed by atoms with Crippen LogP contribution in [0.15, 0.2) is 29.1 Å². The van der Waals surface area contributed by atoms with Gasteiger partial charge in [-0.3, -0.25) is 9.47 Å². The van der Waals surface area contributed by atoms with Crippen molar-refractivity contribution in [2.45, 2.75) is 58.5 Å². The molecular weight excluding hydrogens is 440 g/mol. The lowest BCUT2D eigenvalue weighted by Gasteiger charge is -2.44. The molecule has 35 heavy (non-hydrogen) atoms. The number of piperidine rings is 2. The fraction of sp³-hybridized carbons (Fsp3) is 0.577. The van der Waals surface area contributed by atoms with Crippen molar-refractivity contribution in [3.63, 3.8) is 0 Å². The summed E-state index contributed by atoms with van der Waals surface area (Å²) in [5.74, 6) is 0.743. The van der Waals surface area contributed by atoms with E-state index in [1.807, 2.05) is 0 Å². The van der Waals surface area contributed by atoms with E-state index in [0.29, 0.717) is 29.1 Å². The summed E-state index contributed by atoms with van der Waals surface area (Å²) in [6.07, 6.45) is 7.38. The fourth-order valence-electron chi connectivity index (χ4n) is 5.49. The molecule has 9 nitrogen and oxygen atoms in total. The Hall–Kier alpha value is -2.91. The summed E-state index contributed by atoms with van der Waals surface area (Å²) in [4.78, 5) is 26.9. The third kappa shape index (κ3) is 5.36. The van der Waals surface area contributed by atoms with E-state index in [1.165, 1.54) is 57.4 Å². The van der Waals surface area contributed by atoms with Gasteiger partial charge in [-0.25, -0.2) is 4.79 Å². The van der Waals surface area contributed by atoms with Gasteiger partial charge in [-0.1, -0.05) is 37.6 Å². The molecule has 188 valence electrons. The molecule has 9 heteroatoms. The Morgan fingerprint density at radius 2 is 1.71 bits per heavy atom. The highest BCUT2D eigenvalue weighted by molar-refractivity contribution is 5.82. The number of rotatable bonds is 8. The van der Waals surface area contributed by atoms with E-state index in [9.17, 15) is 4.79 Å². The standard InChI is InChI=1S/C26H38N8O/c1-2-3-12-29-24-31-22(27)21-23(32-24)34(25(35)30-21)18-20-6-4-19(5-7-20)17-33-15-10-26(11-16-33)8-13-28-14-9-26/h4-7,28H,2-3,8-18H2,1H3,(H,30,35)(H3,27,29,31,32). The first-order chi connectivity index (χ1) is 17.0. The molecule has 2 aromatic heterocycles. The normalized spacial score (nSPS) is 18.3. The van der Waals surface area contributed by atoms with E-state index < -0.39 is 0 Å². The van der Waals surface area contributed by atoms with Crippen molar-refractivity contribution in [3.8, 4) is 0 Å². The minimum Gasteiger partial charge on any atom is -0.382 e. The van der Waals surface area contributed by atoms with Gasteiger partial charge in [0.15, 0.2) is 11.5 Å². The molecule has 0 radical (unpaired) electrons. The van der Waals surface area contributed by atoms with Crippen LogP contribution in [0, 0.1) is 5.41 Å². The van der Waals surface area contributed by atoms with Crippen molar-refractivity contribution >= 4 is 22.9 Å². The third-order valence-electron chi connectivity index (χ3n) is 7.81. The summed E-state index contributed by atoms with van der Waals surface area (Å²) in [7, 11) is 0. The monoisotopic (exact) mass is 478 g/mol. The van der Waals surface area contributed by atoms with Crippen LogP contribution in [0.1, 0.15) is 56.6 Å². The van der Waals surface area contributed by atoms with E-state index in [4.69, 9.17) is 5.73 Å². The Balaban J connectivity index is 1.24. The van der Waals surface area contributed by atoms with Crippen LogP contribution in [0.25, 0.3) is 11.2 Å². The highest BCUT2D eigenvalue weighted by Gasteiger charge is 2.35. The average molecular weight is 479 g/mol. The Morgan fingerprint density at radius 3 is 2.40 bits per heavy atom. The van der Waals surface area contributed by atoms with Gasteiger partial charge < -0.3 is 21.4 Å². The number of imidazole rings is 1. The number of unbranched alkanes of at least 4 members (excludes halogenated alkanes) is 1. The maximum absolute atomic E-state index is 12.7. The van der Waals surface area contributed by atoms with Crippen LogP contribution in [0.5, 0.6) is 0 Å². The van der Waals surface area contributed by atoms with Gasteiger partial charge in [0.2, 0.25) is 5.95 Å². The predicted molar refractivity (Wildman–Crippen MR) is 141 cm³/mol. The zero-order valence-corrected chi connectivity index (χ0v) is 20.8. The van der Waals surface area contributed by atoms with Gasteiger partial charge >= 0.3 is 5.69 Å². The summed E-state index contributed by atoms with van der Waals surface area (Å²) in [5.41, 5.74) is 9.86. The Morgan fingerprint density at radius 1 is 1.03 bits per heavy atom. The van der Waals surface area contributed by atoms with E-state index in [0.717, 1.165) is 31.5 Å². The Kier molecular flexibility index (Phi) is 7.06. The number of aromatic nitrogens is 4. The van der Waals surface area contributed by atoms with Gasteiger partial charge in [0.25, 0.3) is 0 Å². The number of aromatic amines is 1. The highest BCUT2D eigenvalue weighted by Crippen LogP contribution is 2.39. The van der Waals surface area contributed by atoms with Gasteiger partial charge in [-0.05, 0) is 74.8 Å². The molecule has 5 N–H and O–H groups in total. The molecule has 0 aliphatic carbocycles. The molecular formula is C26H38N8O. The SMILES string of the molecule is CCCCNc1nc(N)c2[nH]c(=O)n(Cc3ccc(CN4CCC5(CCNCC5)CC4)cc3)c2n1. The summed E-state index contributed by atoms with van der Waals surface area (Å²) in [6.45, 7) is 9.04. The molecule has 2 aliphatic rings.